The zero-order valence-corrected chi connectivity index (χ0v) is 7.88. The summed E-state index contributed by atoms with van der Waals surface area (Å²) in [4.78, 5) is 1.93. The molecule has 0 fully saturated rings. The highest BCUT2D eigenvalue weighted by Gasteiger charge is 2.29. The molecule has 0 aliphatic carbocycles. The van der Waals surface area contributed by atoms with Gasteiger partial charge in [0.05, 0.1) is 0 Å². The van der Waals surface area contributed by atoms with E-state index in [0.717, 1.165) is 0 Å². The van der Waals surface area contributed by atoms with Gasteiger partial charge >= 0.3 is 0 Å². The molecule has 1 aromatic rings. The molecule has 72 valence electrons. The van der Waals surface area contributed by atoms with Crippen LogP contribution in [0.25, 0.3) is 0 Å². The highest BCUT2D eigenvalue weighted by atomic mass is 32.2. The Morgan fingerprint density at radius 1 is 1.21 bits per heavy atom. The number of nitrogens with zero attached hydrogens (tertiary/aromatic N) is 1. The molecule has 1 aliphatic heterocycles. The van der Waals surface area contributed by atoms with Gasteiger partial charge in [-0.3, -0.25) is 5.41 Å². The van der Waals surface area contributed by atoms with Crippen LogP contribution in [0, 0.1) is 5.41 Å². The van der Waals surface area contributed by atoms with Crippen LogP contribution in [-0.2, 0) is 10.0 Å². The van der Waals surface area contributed by atoms with Crippen LogP contribution in [0.15, 0.2) is 35.4 Å². The molecule has 2 rings (SSSR count). The third-order valence-electron chi connectivity index (χ3n) is 1.81. The average Bonchev–Trinajstić information content (AvgIpc) is 2.44. The molecule has 0 unspecified atom stereocenters. The second-order valence-corrected chi connectivity index (χ2v) is 4.35. The third-order valence-corrected chi connectivity index (χ3v) is 2.87. The molecule has 6 heteroatoms. The Morgan fingerprint density at radius 3 is 2.36 bits per heavy atom. The van der Waals surface area contributed by atoms with E-state index in [9.17, 15) is 8.42 Å². The average molecular weight is 209 g/mol. The van der Waals surface area contributed by atoms with Gasteiger partial charge in [-0.15, -0.1) is 0 Å². The quantitative estimate of drug-likeness (QED) is 0.697. The highest BCUT2D eigenvalue weighted by molar-refractivity contribution is 8.07. The summed E-state index contributed by atoms with van der Waals surface area (Å²) >= 11 is 0. The van der Waals surface area contributed by atoms with Crippen molar-refractivity contribution in [1.82, 2.24) is 4.83 Å². The Morgan fingerprint density at radius 2 is 1.86 bits per heavy atom. The topological polar surface area (TPSA) is 82.4 Å². The Hall–Kier alpha value is -1.69. The number of nitrogens with one attached hydrogen (secondary N) is 2. The van der Waals surface area contributed by atoms with Crippen LogP contribution in [0.4, 0.5) is 0 Å². The Balaban J connectivity index is 2.46. The molecular weight excluding hydrogens is 202 g/mol. The summed E-state index contributed by atoms with van der Waals surface area (Å²) in [6.07, 6.45) is 0. The molecule has 1 aliphatic rings. The molecule has 0 saturated carbocycles. The third kappa shape index (κ3) is 1.29. The summed E-state index contributed by atoms with van der Waals surface area (Å²) in [6.45, 7) is 0. The highest BCUT2D eigenvalue weighted by Crippen LogP contribution is 2.09. The van der Waals surface area contributed by atoms with Crippen molar-refractivity contribution in [3.63, 3.8) is 0 Å². The molecule has 0 saturated heterocycles. The summed E-state index contributed by atoms with van der Waals surface area (Å²) < 4.78 is 22.2. The fourth-order valence-corrected chi connectivity index (χ4v) is 1.84. The van der Waals surface area contributed by atoms with Gasteiger partial charge in [0.15, 0.2) is 5.04 Å². The molecule has 0 spiro atoms. The predicted octanol–water partition coefficient (Wildman–Crippen LogP) is 0.301. The van der Waals surface area contributed by atoms with E-state index in [1.54, 1.807) is 24.3 Å². The fraction of sp³-hybridized carbons (Fsp3) is 0. The minimum atomic E-state index is -3.69. The van der Waals surface area contributed by atoms with Crippen LogP contribution in [0.5, 0.6) is 0 Å². The first-order chi connectivity index (χ1) is 6.61. The Kier molecular flexibility index (Phi) is 1.85. The van der Waals surface area contributed by atoms with E-state index in [4.69, 9.17) is 5.41 Å². The molecular formula is C8H7N3O2S. The largest absolute Gasteiger partial charge is 0.295 e. The first-order valence-corrected chi connectivity index (χ1v) is 5.33. The van der Waals surface area contributed by atoms with Crippen molar-refractivity contribution in [2.75, 3.05) is 0 Å². The predicted molar refractivity (Wildman–Crippen MR) is 52.8 cm³/mol. The summed E-state index contributed by atoms with van der Waals surface area (Å²) in [6, 6.07) is 8.74. The number of hydrazone groups is 1. The molecule has 0 aromatic heterocycles. The standard InChI is InChI=1S/C8H7N3O2S/c9-8-7(10-11-14(8,12)13)6-4-2-1-3-5-6/h1-5,9,11H. The zero-order chi connectivity index (χ0) is 10.2. The van der Waals surface area contributed by atoms with Gasteiger partial charge in [-0.25, -0.2) is 0 Å². The second kappa shape index (κ2) is 2.91. The smallest absolute Gasteiger partial charge is 0.286 e. The van der Waals surface area contributed by atoms with Gasteiger partial charge in [0.1, 0.15) is 5.71 Å². The van der Waals surface area contributed by atoms with E-state index in [0.29, 0.717) is 5.56 Å². The Bertz CT molecular complexity index is 505. The SMILES string of the molecule is N=C1C(c2ccccc2)=NNS1(=O)=O. The van der Waals surface area contributed by atoms with Crippen LogP contribution in [-0.4, -0.2) is 19.2 Å². The van der Waals surface area contributed by atoms with E-state index >= 15 is 0 Å². The molecule has 1 heterocycles. The summed E-state index contributed by atoms with van der Waals surface area (Å²) in [7, 11) is -3.69. The van der Waals surface area contributed by atoms with Crippen LogP contribution in [0.2, 0.25) is 0 Å². The monoisotopic (exact) mass is 209 g/mol. The van der Waals surface area contributed by atoms with Crippen molar-refractivity contribution in [1.29, 1.82) is 5.41 Å². The lowest BCUT2D eigenvalue weighted by atomic mass is 10.1. The van der Waals surface area contributed by atoms with Gasteiger partial charge in [0, 0.05) is 5.56 Å². The lowest BCUT2D eigenvalue weighted by Crippen LogP contribution is -2.22. The molecule has 0 bridgehead atoms. The van der Waals surface area contributed by atoms with Gasteiger partial charge in [-0.2, -0.15) is 18.4 Å². The van der Waals surface area contributed by atoms with Crippen LogP contribution >= 0.6 is 0 Å². The molecule has 2 N–H and O–H groups in total. The Labute approximate surface area is 81.0 Å². The first kappa shape index (κ1) is 8.89. The summed E-state index contributed by atoms with van der Waals surface area (Å²) in [5.41, 5.74) is 0.775. The lowest BCUT2D eigenvalue weighted by Gasteiger charge is -1.96. The maximum absolute atomic E-state index is 11.1. The van der Waals surface area contributed by atoms with Crippen LogP contribution in [0.1, 0.15) is 5.56 Å². The minimum absolute atomic E-state index is 0.158. The summed E-state index contributed by atoms with van der Waals surface area (Å²) in [5, 5.41) is 10.5. The van der Waals surface area contributed by atoms with Gasteiger partial charge in [-0.05, 0) is 0 Å². The maximum Gasteiger partial charge on any atom is 0.295 e. The van der Waals surface area contributed by atoms with Crippen molar-refractivity contribution >= 4 is 20.8 Å². The molecule has 1 aromatic carbocycles. The number of benzene rings is 1. The molecule has 0 atom stereocenters. The number of sulfonamides is 1. The van der Waals surface area contributed by atoms with Gasteiger partial charge in [0.25, 0.3) is 10.0 Å². The second-order valence-electron chi connectivity index (χ2n) is 2.75. The van der Waals surface area contributed by atoms with E-state index in [1.165, 1.54) is 0 Å². The van der Waals surface area contributed by atoms with Gasteiger partial charge in [-0.1, -0.05) is 30.3 Å². The van der Waals surface area contributed by atoms with E-state index < -0.39 is 15.1 Å². The summed E-state index contributed by atoms with van der Waals surface area (Å²) in [5.74, 6) is 0. The number of rotatable bonds is 1. The lowest BCUT2D eigenvalue weighted by molar-refractivity contribution is 0.598. The van der Waals surface area contributed by atoms with Crippen LogP contribution in [0.3, 0.4) is 0 Å². The van der Waals surface area contributed by atoms with E-state index in [1.807, 2.05) is 10.9 Å². The van der Waals surface area contributed by atoms with Crippen molar-refractivity contribution in [2.45, 2.75) is 0 Å². The number of hydrogen-bond donors (Lipinski definition) is 2. The zero-order valence-electron chi connectivity index (χ0n) is 7.06. The maximum atomic E-state index is 11.1. The van der Waals surface area contributed by atoms with E-state index in [-0.39, 0.29) is 5.71 Å². The van der Waals surface area contributed by atoms with Crippen molar-refractivity contribution in [3.8, 4) is 0 Å². The minimum Gasteiger partial charge on any atom is -0.286 e. The molecule has 0 amide bonds. The van der Waals surface area contributed by atoms with Crippen LogP contribution < -0.4 is 4.83 Å². The van der Waals surface area contributed by atoms with Gasteiger partial charge < -0.3 is 0 Å². The molecule has 0 radical (unpaired) electrons. The van der Waals surface area contributed by atoms with Gasteiger partial charge in [0.2, 0.25) is 0 Å². The molecule has 14 heavy (non-hydrogen) atoms. The van der Waals surface area contributed by atoms with Crippen molar-refractivity contribution in [2.24, 2.45) is 5.10 Å². The van der Waals surface area contributed by atoms with Crippen molar-refractivity contribution in [3.05, 3.63) is 35.9 Å². The molecule has 5 nitrogen and oxygen atoms in total. The fourth-order valence-electron chi connectivity index (χ4n) is 1.12. The number of hydrogen-bond acceptors (Lipinski definition) is 4. The van der Waals surface area contributed by atoms with E-state index in [2.05, 4.69) is 5.10 Å². The first-order valence-electron chi connectivity index (χ1n) is 3.85. The normalized spacial score (nSPS) is 18.9. The van der Waals surface area contributed by atoms with Crippen molar-refractivity contribution < 1.29 is 8.42 Å².